The van der Waals surface area contributed by atoms with E-state index in [9.17, 15) is 9.59 Å². The van der Waals surface area contributed by atoms with Gasteiger partial charge in [0.1, 0.15) is 0 Å². The minimum atomic E-state index is -0.355. The summed E-state index contributed by atoms with van der Waals surface area (Å²) in [5.41, 5.74) is 0.419. The van der Waals surface area contributed by atoms with Crippen molar-refractivity contribution in [2.45, 2.75) is 13.1 Å². The average Bonchev–Trinajstić information content (AvgIpc) is 3.06. The van der Waals surface area contributed by atoms with Crippen molar-refractivity contribution in [2.75, 3.05) is 13.7 Å². The van der Waals surface area contributed by atoms with Crippen molar-refractivity contribution in [3.8, 4) is 0 Å². The van der Waals surface area contributed by atoms with Gasteiger partial charge in [0.25, 0.3) is 11.5 Å². The van der Waals surface area contributed by atoms with Crippen LogP contribution in [0.1, 0.15) is 16.2 Å². The SMILES string of the molecule is COCCn1nc(CNC(=O)c2ccc(Br)o2)c2ccccc2c1=O. The maximum atomic E-state index is 12.5. The van der Waals surface area contributed by atoms with Crippen molar-refractivity contribution in [3.05, 3.63) is 62.9 Å². The highest BCUT2D eigenvalue weighted by Crippen LogP contribution is 2.15. The molecule has 8 heteroatoms. The first-order chi connectivity index (χ1) is 12.1. The van der Waals surface area contributed by atoms with Gasteiger partial charge in [-0.3, -0.25) is 9.59 Å². The summed E-state index contributed by atoms with van der Waals surface area (Å²) in [5, 5.41) is 8.40. The summed E-state index contributed by atoms with van der Waals surface area (Å²) in [7, 11) is 1.56. The largest absolute Gasteiger partial charge is 0.444 e. The molecule has 0 bridgehead atoms. The molecule has 130 valence electrons. The lowest BCUT2D eigenvalue weighted by atomic mass is 10.1. The zero-order valence-corrected chi connectivity index (χ0v) is 15.1. The van der Waals surface area contributed by atoms with Gasteiger partial charge in [-0.05, 0) is 34.1 Å². The standard InChI is InChI=1S/C17H16BrN3O4/c1-24-9-8-21-17(23)12-5-3-2-4-11(12)13(20-21)10-19-16(22)14-6-7-15(18)25-14/h2-7H,8-10H2,1H3,(H,19,22). The van der Waals surface area contributed by atoms with E-state index < -0.39 is 0 Å². The molecule has 0 unspecified atom stereocenters. The van der Waals surface area contributed by atoms with E-state index >= 15 is 0 Å². The third-order valence-electron chi connectivity index (χ3n) is 3.66. The molecule has 0 atom stereocenters. The van der Waals surface area contributed by atoms with Crippen molar-refractivity contribution in [1.29, 1.82) is 0 Å². The maximum absolute atomic E-state index is 12.5. The van der Waals surface area contributed by atoms with Crippen LogP contribution in [0.4, 0.5) is 0 Å². The number of fused-ring (bicyclic) bond motifs is 1. The molecule has 2 aromatic heterocycles. The minimum absolute atomic E-state index is 0.172. The quantitative estimate of drug-likeness (QED) is 0.679. The molecule has 0 aliphatic carbocycles. The Bertz CT molecular complexity index is 964. The van der Waals surface area contributed by atoms with E-state index in [0.717, 1.165) is 0 Å². The Morgan fingerprint density at radius 1 is 1.28 bits per heavy atom. The van der Waals surface area contributed by atoms with Crippen molar-refractivity contribution < 1.29 is 13.9 Å². The lowest BCUT2D eigenvalue weighted by Crippen LogP contribution is -2.29. The fourth-order valence-electron chi connectivity index (χ4n) is 2.45. The summed E-state index contributed by atoms with van der Waals surface area (Å²) in [4.78, 5) is 24.6. The topological polar surface area (TPSA) is 86.4 Å². The zero-order chi connectivity index (χ0) is 17.8. The molecule has 7 nitrogen and oxygen atoms in total. The molecule has 3 rings (SSSR count). The van der Waals surface area contributed by atoms with Gasteiger partial charge in [-0.25, -0.2) is 4.68 Å². The van der Waals surface area contributed by atoms with E-state index in [1.165, 1.54) is 4.68 Å². The molecular weight excluding hydrogens is 390 g/mol. The highest BCUT2D eigenvalue weighted by atomic mass is 79.9. The fraction of sp³-hybridized carbons (Fsp3) is 0.235. The molecule has 0 aliphatic rings. The van der Waals surface area contributed by atoms with Gasteiger partial charge in [-0.2, -0.15) is 5.10 Å². The monoisotopic (exact) mass is 405 g/mol. The molecular formula is C17H16BrN3O4. The first kappa shape index (κ1) is 17.4. The van der Waals surface area contributed by atoms with E-state index in [1.807, 2.05) is 12.1 Å². The Kier molecular flexibility index (Phi) is 5.30. The lowest BCUT2D eigenvalue weighted by molar-refractivity contribution is 0.0921. The predicted octanol–water partition coefficient (Wildman–Crippen LogP) is 2.33. The molecule has 1 amide bonds. The Morgan fingerprint density at radius 3 is 2.72 bits per heavy atom. The fourth-order valence-corrected chi connectivity index (χ4v) is 2.76. The second-order valence-electron chi connectivity index (χ2n) is 5.30. The van der Waals surface area contributed by atoms with Gasteiger partial charge in [-0.15, -0.1) is 0 Å². The van der Waals surface area contributed by atoms with Gasteiger partial charge >= 0.3 is 0 Å². The van der Waals surface area contributed by atoms with Crippen LogP contribution < -0.4 is 10.9 Å². The molecule has 3 aromatic rings. The van der Waals surface area contributed by atoms with E-state index in [2.05, 4.69) is 26.3 Å². The number of rotatable bonds is 6. The molecule has 2 heterocycles. The van der Waals surface area contributed by atoms with Gasteiger partial charge < -0.3 is 14.5 Å². The van der Waals surface area contributed by atoms with Crippen LogP contribution in [0.2, 0.25) is 0 Å². The first-order valence-corrected chi connectivity index (χ1v) is 8.40. The summed E-state index contributed by atoms with van der Waals surface area (Å²) in [6.07, 6.45) is 0. The molecule has 0 fully saturated rings. The number of nitrogens with one attached hydrogen (secondary N) is 1. The highest BCUT2D eigenvalue weighted by molar-refractivity contribution is 9.10. The maximum Gasteiger partial charge on any atom is 0.287 e. The van der Waals surface area contributed by atoms with Gasteiger partial charge in [0.15, 0.2) is 10.4 Å². The highest BCUT2D eigenvalue weighted by Gasteiger charge is 2.14. The molecule has 1 aromatic carbocycles. The lowest BCUT2D eigenvalue weighted by Gasteiger charge is -2.11. The number of ether oxygens (including phenoxy) is 1. The van der Waals surface area contributed by atoms with E-state index in [0.29, 0.717) is 34.3 Å². The third kappa shape index (κ3) is 3.80. The minimum Gasteiger partial charge on any atom is -0.444 e. The van der Waals surface area contributed by atoms with Crippen LogP contribution in [0.25, 0.3) is 10.8 Å². The molecule has 25 heavy (non-hydrogen) atoms. The normalized spacial score (nSPS) is 11.0. The number of halogens is 1. The number of benzene rings is 1. The van der Waals surface area contributed by atoms with Crippen molar-refractivity contribution in [3.63, 3.8) is 0 Å². The smallest absolute Gasteiger partial charge is 0.287 e. The Hall–Kier alpha value is -2.45. The summed E-state index contributed by atoms with van der Waals surface area (Å²) in [5.74, 6) is -0.157. The predicted molar refractivity (Wildman–Crippen MR) is 95.5 cm³/mol. The summed E-state index contributed by atoms with van der Waals surface area (Å²) < 4.78 is 12.1. The Labute approximate surface area is 151 Å². The number of furan rings is 1. The number of amides is 1. The number of hydrogen-bond acceptors (Lipinski definition) is 5. The number of carbonyl (C=O) groups excluding carboxylic acids is 1. The number of methoxy groups -OCH3 is 1. The first-order valence-electron chi connectivity index (χ1n) is 7.61. The van der Waals surface area contributed by atoms with Crippen LogP contribution in [0.3, 0.4) is 0 Å². The molecule has 0 saturated carbocycles. The van der Waals surface area contributed by atoms with Crippen LogP contribution in [0.15, 0.2) is 50.3 Å². The van der Waals surface area contributed by atoms with E-state index in [-0.39, 0.29) is 23.8 Å². The van der Waals surface area contributed by atoms with Crippen LogP contribution in [0, 0.1) is 0 Å². The van der Waals surface area contributed by atoms with Crippen molar-refractivity contribution in [1.82, 2.24) is 15.1 Å². The number of carbonyl (C=O) groups is 1. The Morgan fingerprint density at radius 2 is 2.04 bits per heavy atom. The van der Waals surface area contributed by atoms with E-state index in [4.69, 9.17) is 9.15 Å². The third-order valence-corrected chi connectivity index (χ3v) is 4.09. The molecule has 0 spiro atoms. The second kappa shape index (κ2) is 7.62. The van der Waals surface area contributed by atoms with Gasteiger partial charge in [0, 0.05) is 12.5 Å². The molecule has 0 saturated heterocycles. The number of hydrogen-bond donors (Lipinski definition) is 1. The second-order valence-corrected chi connectivity index (χ2v) is 6.08. The summed E-state index contributed by atoms with van der Waals surface area (Å²) in [6, 6.07) is 10.4. The number of aromatic nitrogens is 2. The summed E-state index contributed by atoms with van der Waals surface area (Å²) in [6.45, 7) is 0.884. The molecule has 0 radical (unpaired) electrons. The Balaban J connectivity index is 1.90. The van der Waals surface area contributed by atoms with Crippen LogP contribution >= 0.6 is 15.9 Å². The molecule has 1 N–H and O–H groups in total. The van der Waals surface area contributed by atoms with Crippen LogP contribution in [-0.2, 0) is 17.8 Å². The van der Waals surface area contributed by atoms with Crippen LogP contribution in [-0.4, -0.2) is 29.4 Å². The van der Waals surface area contributed by atoms with Crippen LogP contribution in [0.5, 0.6) is 0 Å². The zero-order valence-electron chi connectivity index (χ0n) is 13.5. The average molecular weight is 406 g/mol. The van der Waals surface area contributed by atoms with Crippen molar-refractivity contribution in [2.24, 2.45) is 0 Å². The van der Waals surface area contributed by atoms with Gasteiger partial charge in [0.2, 0.25) is 0 Å². The van der Waals surface area contributed by atoms with E-state index in [1.54, 1.807) is 31.4 Å². The van der Waals surface area contributed by atoms with Crippen molar-refractivity contribution >= 4 is 32.6 Å². The summed E-state index contributed by atoms with van der Waals surface area (Å²) >= 11 is 3.16. The number of nitrogens with zero attached hydrogens (tertiary/aromatic N) is 2. The molecule has 0 aliphatic heterocycles. The van der Waals surface area contributed by atoms with Gasteiger partial charge in [-0.1, -0.05) is 18.2 Å². The van der Waals surface area contributed by atoms with Gasteiger partial charge in [0.05, 0.1) is 30.8 Å².